The molecule has 1 amide bonds. The quantitative estimate of drug-likeness (QED) is 0.00994. The summed E-state index contributed by atoms with van der Waals surface area (Å²) in [4.78, 5) is 93.2. The molecule has 5 N–H and O–H groups in total. The van der Waals surface area contributed by atoms with Gasteiger partial charge in [-0.3, -0.25) is 38.1 Å². The first kappa shape index (κ1) is 62.0. The van der Waals surface area contributed by atoms with Gasteiger partial charge in [-0.15, -0.1) is 0 Å². The Morgan fingerprint density at radius 1 is 0.686 bits per heavy atom. The number of aromatic amines is 1. The van der Waals surface area contributed by atoms with E-state index in [2.05, 4.69) is 75.0 Å². The average Bonchev–Trinajstić information content (AvgIpc) is 1.37. The molecule has 1 aliphatic heterocycles. The van der Waals surface area contributed by atoms with Gasteiger partial charge in [-0.2, -0.15) is 0 Å². The van der Waals surface area contributed by atoms with E-state index in [1.165, 1.54) is 19.8 Å². The van der Waals surface area contributed by atoms with Gasteiger partial charge in [0.1, 0.15) is 36.0 Å². The van der Waals surface area contributed by atoms with E-state index in [1.807, 2.05) is 113 Å². The molecule has 10 aromatic rings. The molecule has 0 saturated carbocycles. The monoisotopic (exact) mass is 1280 g/mol. The van der Waals surface area contributed by atoms with Crippen LogP contribution in [0.25, 0.3) is 55.5 Å². The predicted molar refractivity (Wildman–Crippen MR) is 340 cm³/mol. The summed E-state index contributed by atoms with van der Waals surface area (Å²) in [5, 5.41) is 16.9. The summed E-state index contributed by atoms with van der Waals surface area (Å²) in [6.45, 7) is 4.81. The number of para-hydroxylation sites is 2. The Morgan fingerprint density at radius 3 is 1.81 bits per heavy atom. The summed E-state index contributed by atoms with van der Waals surface area (Å²) in [7, 11) is 1.41. The van der Waals surface area contributed by atoms with Crippen molar-refractivity contribution in [2.75, 3.05) is 29.3 Å². The van der Waals surface area contributed by atoms with Crippen LogP contribution in [0.15, 0.2) is 132 Å². The number of ether oxygens (including phenoxy) is 2. The highest BCUT2D eigenvalue weighted by molar-refractivity contribution is 14.1. The minimum Gasteiger partial charge on any atom is -0.469 e. The first-order chi connectivity index (χ1) is 42.2. The van der Waals surface area contributed by atoms with Crippen molar-refractivity contribution < 1.29 is 24.3 Å². The Hall–Kier alpha value is -8.55. The molecule has 1 aliphatic rings. The number of nitrogens with zero attached hydrogens (tertiary/aromatic N) is 11. The zero-order valence-electron chi connectivity index (χ0n) is 48.8. The molecule has 1 unspecified atom stereocenters. The summed E-state index contributed by atoms with van der Waals surface area (Å²) >= 11 is 2.15. The minimum absolute atomic E-state index is 0.0964. The molecule has 0 bridgehead atoms. The number of rotatable bonds is 23. The topological polar surface area (TPSA) is 277 Å². The Bertz CT molecular complexity index is 4000. The molecule has 0 spiro atoms. The molecular weight excluding hydrogens is 1210 g/mol. The van der Waals surface area contributed by atoms with Crippen LogP contribution in [0.2, 0.25) is 0 Å². The number of nitrogens with one attached hydrogen (secondary N) is 4. The summed E-state index contributed by atoms with van der Waals surface area (Å²) in [5.74, 6) is 1.75. The van der Waals surface area contributed by atoms with Crippen molar-refractivity contribution in [2.45, 2.75) is 128 Å². The molecule has 22 nitrogen and oxygen atoms in total. The van der Waals surface area contributed by atoms with E-state index >= 15 is 0 Å². The molecule has 86 heavy (non-hydrogen) atoms. The molecule has 0 radical (unpaired) electrons. The molecule has 4 aromatic carbocycles. The summed E-state index contributed by atoms with van der Waals surface area (Å²) in [5.41, 5.74) is 8.63. The van der Waals surface area contributed by atoms with Crippen LogP contribution in [0.3, 0.4) is 0 Å². The van der Waals surface area contributed by atoms with E-state index in [0.717, 1.165) is 80.5 Å². The van der Waals surface area contributed by atoms with Crippen molar-refractivity contribution in [3.63, 3.8) is 0 Å². The number of imidazole rings is 2. The Labute approximate surface area is 510 Å². The second-order valence-corrected chi connectivity index (χ2v) is 20.6. The maximum atomic E-state index is 14.4. The lowest BCUT2D eigenvalue weighted by atomic mass is 10.0. The number of aromatic nitrogens is 12. The molecule has 3 atom stereocenters. The van der Waals surface area contributed by atoms with Crippen LogP contribution in [0.1, 0.15) is 138 Å². The molecule has 1 fully saturated rings. The zero-order chi connectivity index (χ0) is 60.4. The number of halogens is 1. The second kappa shape index (κ2) is 30.5. The number of unbranched alkanes of at least 4 members (excludes halogenated alkanes) is 4. The van der Waals surface area contributed by atoms with E-state index in [4.69, 9.17) is 24.6 Å². The van der Waals surface area contributed by atoms with Crippen molar-refractivity contribution in [2.24, 2.45) is 0 Å². The number of methoxy groups -OCH3 is 1. The van der Waals surface area contributed by atoms with Gasteiger partial charge in [-0.25, -0.2) is 45.4 Å². The number of hydroxylamine groups is 1. The van der Waals surface area contributed by atoms with Crippen molar-refractivity contribution in [1.29, 1.82) is 0 Å². The number of hydrogen-bond donors (Lipinski definition) is 5. The SMILES string of the molecule is CC[C@H](Nc1ncnc2c1ncn2C1CCCCO1)c1nc2cccc(CCCCCC(=O)OC)c2c(=O)n1-c1ccccc1.CC[C@H](Nc1ncnc2nc[nH]c12)c1nc2cccc(CCCCCC(=O)NO)c2c(=O)n1-c1ccccc1.CI. The van der Waals surface area contributed by atoms with Gasteiger partial charge in [-0.05, 0) is 123 Å². The van der Waals surface area contributed by atoms with Gasteiger partial charge in [0.15, 0.2) is 28.4 Å². The summed E-state index contributed by atoms with van der Waals surface area (Å²) < 4.78 is 16.1. The van der Waals surface area contributed by atoms with Crippen LogP contribution in [0.5, 0.6) is 0 Å². The van der Waals surface area contributed by atoms with Gasteiger partial charge in [-0.1, -0.05) is 110 Å². The van der Waals surface area contributed by atoms with E-state index in [9.17, 15) is 19.2 Å². The fraction of sp³-hybridized carbons (Fsp3) is 0.365. The molecule has 0 aliphatic carbocycles. The molecule has 6 aromatic heterocycles. The number of esters is 1. The van der Waals surface area contributed by atoms with E-state index in [0.29, 0.717) is 106 Å². The largest absolute Gasteiger partial charge is 0.469 e. The van der Waals surface area contributed by atoms with Crippen molar-refractivity contribution in [3.8, 4) is 11.4 Å². The van der Waals surface area contributed by atoms with E-state index < -0.39 is 5.91 Å². The standard InChI is InChI=1S/C34H39N7O4.C28H30N8O3.CH3I/c1-3-25(38-31-30-33(36-21-35-31)40(22-37-30)27-18-10-11-20-45-27)32-39-26-17-12-14-23(13-6-4-9-19-28(42)44-2)29(26)34(43)41(32)24-15-7-5-8-16-24;1-2-20(33-26-24-25(30-16-29-24)31-17-32-26)27-34-21-14-9-11-18(10-5-3-8-15-22(37)35-39)23(21)28(38)36(27)19-12-6-4-7-13-19;1-2/h5,7-8,12,14-17,21-22,25,27H,3-4,6,9-11,13,18-20H2,1-2H3,(H,35,36,38);4,6-7,9,11-14,16-17,20,39H,2-3,5,8,10,15H2,1H3,(H,35,37)(H2,29,30,31,32,33);1H3/t25-,27?;20-;/m00./s1. The van der Waals surface area contributed by atoms with Crippen molar-refractivity contribution in [3.05, 3.63) is 166 Å². The number of hydrogen-bond acceptors (Lipinski definition) is 17. The average molecular weight is 1280 g/mol. The molecule has 11 rings (SSSR count). The van der Waals surface area contributed by atoms with Crippen molar-refractivity contribution in [1.82, 2.24) is 64.0 Å². The number of carbonyl (C=O) groups excluding carboxylic acids is 2. The fourth-order valence-corrected chi connectivity index (χ4v) is 10.9. The van der Waals surface area contributed by atoms with Crippen molar-refractivity contribution >= 4 is 90.2 Å². The minimum atomic E-state index is -0.392. The Kier molecular flexibility index (Phi) is 22.0. The predicted octanol–water partition coefficient (Wildman–Crippen LogP) is 11.3. The number of carbonyl (C=O) groups is 2. The first-order valence-electron chi connectivity index (χ1n) is 29.2. The highest BCUT2D eigenvalue weighted by Gasteiger charge is 2.27. The number of fused-ring (bicyclic) bond motifs is 4. The maximum absolute atomic E-state index is 14.4. The number of aryl methyl sites for hydroxylation is 2. The van der Waals surface area contributed by atoms with Crippen LogP contribution >= 0.6 is 22.6 Å². The van der Waals surface area contributed by atoms with Gasteiger partial charge < -0.3 is 25.1 Å². The molecule has 7 heterocycles. The fourth-order valence-electron chi connectivity index (χ4n) is 10.9. The third-order valence-corrected chi connectivity index (χ3v) is 15.2. The van der Waals surface area contributed by atoms with Crippen LogP contribution in [0.4, 0.5) is 11.6 Å². The van der Waals surface area contributed by atoms with Gasteiger partial charge in [0.2, 0.25) is 5.91 Å². The second-order valence-electron chi connectivity index (χ2n) is 20.6. The lowest BCUT2D eigenvalue weighted by Crippen LogP contribution is -2.29. The third kappa shape index (κ3) is 14.4. The molecule has 23 heteroatoms. The lowest BCUT2D eigenvalue weighted by Gasteiger charge is -2.24. The van der Waals surface area contributed by atoms with Crippen LogP contribution in [-0.2, 0) is 31.9 Å². The highest BCUT2D eigenvalue weighted by atomic mass is 127. The number of benzene rings is 4. The van der Waals surface area contributed by atoms with E-state index in [-0.39, 0.29) is 41.8 Å². The number of H-pyrrole nitrogens is 1. The number of alkyl halides is 1. The van der Waals surface area contributed by atoms with Crippen LogP contribution in [-0.4, -0.2) is 94.3 Å². The Morgan fingerprint density at radius 2 is 1.26 bits per heavy atom. The Balaban J connectivity index is 0.000000202. The lowest BCUT2D eigenvalue weighted by molar-refractivity contribution is -0.140. The normalized spacial score (nSPS) is 13.8. The maximum Gasteiger partial charge on any atom is 0.305 e. The number of anilines is 2. The summed E-state index contributed by atoms with van der Waals surface area (Å²) in [6.07, 6.45) is 17.4. The molecular formula is C63H72IN15O7. The summed E-state index contributed by atoms with van der Waals surface area (Å²) in [6, 6.07) is 30.1. The third-order valence-electron chi connectivity index (χ3n) is 15.2. The van der Waals surface area contributed by atoms with Crippen LogP contribution in [0, 0.1) is 0 Å². The number of amides is 1. The van der Waals surface area contributed by atoms with Gasteiger partial charge in [0.05, 0.1) is 65.0 Å². The van der Waals surface area contributed by atoms with E-state index in [1.54, 1.807) is 27.3 Å². The van der Waals surface area contributed by atoms with Gasteiger partial charge in [0, 0.05) is 19.4 Å². The molecule has 1 saturated heterocycles. The molecule has 448 valence electrons. The zero-order valence-corrected chi connectivity index (χ0v) is 50.9. The highest BCUT2D eigenvalue weighted by Crippen LogP contribution is 2.32. The van der Waals surface area contributed by atoms with Gasteiger partial charge >= 0.3 is 5.97 Å². The van der Waals surface area contributed by atoms with Gasteiger partial charge in [0.25, 0.3) is 11.1 Å². The smallest absolute Gasteiger partial charge is 0.305 e. The van der Waals surface area contributed by atoms with Crippen LogP contribution < -0.4 is 27.2 Å². The first-order valence-corrected chi connectivity index (χ1v) is 31.4.